The van der Waals surface area contributed by atoms with Crippen molar-refractivity contribution < 1.29 is 23.9 Å². The van der Waals surface area contributed by atoms with Crippen LogP contribution in [0.15, 0.2) is 36.8 Å². The van der Waals surface area contributed by atoms with Crippen molar-refractivity contribution in [2.75, 3.05) is 39.2 Å². The molecule has 4 rings (SSSR count). The number of amides is 3. The number of fused-ring (bicyclic) bond motifs is 1. The highest BCUT2D eigenvalue weighted by atomic mass is 16.5. The monoisotopic (exact) mass is 495 g/mol. The number of hydrogen-bond donors (Lipinski definition) is 1. The van der Waals surface area contributed by atoms with E-state index in [0.29, 0.717) is 30.1 Å². The van der Waals surface area contributed by atoms with Crippen LogP contribution < -0.4 is 10.1 Å². The Hall–Kier alpha value is -3.53. The minimum absolute atomic E-state index is 0.00639. The van der Waals surface area contributed by atoms with Gasteiger partial charge in [0.25, 0.3) is 11.8 Å². The molecule has 2 aromatic rings. The third kappa shape index (κ3) is 5.81. The molecular formula is C26H33N5O5. The Balaban J connectivity index is 1.63. The molecule has 3 amide bonds. The lowest BCUT2D eigenvalue weighted by atomic mass is 10.0. The molecule has 0 bridgehead atoms. The van der Waals surface area contributed by atoms with Gasteiger partial charge in [0.15, 0.2) is 0 Å². The number of anilines is 1. The average molecular weight is 496 g/mol. The molecule has 0 spiro atoms. The largest absolute Gasteiger partial charge is 0.491 e. The molecule has 10 heteroatoms. The summed E-state index contributed by atoms with van der Waals surface area (Å²) < 4.78 is 11.8. The van der Waals surface area contributed by atoms with E-state index in [0.717, 1.165) is 12.8 Å². The molecule has 2 aliphatic rings. The fraction of sp³-hybridized carbons (Fsp3) is 0.500. The Labute approximate surface area is 211 Å². The second-order valence-electron chi connectivity index (χ2n) is 9.62. The summed E-state index contributed by atoms with van der Waals surface area (Å²) in [6.45, 7) is 5.10. The van der Waals surface area contributed by atoms with Gasteiger partial charge in [0, 0.05) is 57.2 Å². The standard InChI is InChI=1S/C26H33N5O5/c1-16-13-31(25(33)18-5-6-18)17(2)15-36-22-8-7-19(29-24(32)21-12-27-9-10-28-21)11-20(22)26(34)30(3)14-23(16)35-4/h7-12,16-18,23H,5-6,13-15H2,1-4H3,(H,29,32)/t16-,17-,23+/m1/s1. The molecule has 1 aliphatic heterocycles. The molecule has 1 aromatic heterocycles. The molecule has 192 valence electrons. The van der Waals surface area contributed by atoms with E-state index in [1.54, 1.807) is 37.3 Å². The van der Waals surface area contributed by atoms with Gasteiger partial charge >= 0.3 is 0 Å². The first kappa shape index (κ1) is 25.6. The first-order valence-corrected chi connectivity index (χ1v) is 12.2. The lowest BCUT2D eigenvalue weighted by molar-refractivity contribution is -0.136. The Morgan fingerprint density at radius 1 is 1.17 bits per heavy atom. The zero-order chi connectivity index (χ0) is 25.8. The van der Waals surface area contributed by atoms with Gasteiger partial charge in [-0.25, -0.2) is 4.98 Å². The molecule has 1 saturated carbocycles. The van der Waals surface area contributed by atoms with Crippen LogP contribution >= 0.6 is 0 Å². The number of methoxy groups -OCH3 is 1. The van der Waals surface area contributed by atoms with Crippen molar-refractivity contribution in [3.05, 3.63) is 48.0 Å². The molecule has 10 nitrogen and oxygen atoms in total. The van der Waals surface area contributed by atoms with Crippen LogP contribution in [0.2, 0.25) is 0 Å². The van der Waals surface area contributed by atoms with Crippen LogP contribution in [0.5, 0.6) is 5.75 Å². The molecule has 0 radical (unpaired) electrons. The van der Waals surface area contributed by atoms with Gasteiger partial charge < -0.3 is 24.6 Å². The maximum absolute atomic E-state index is 13.5. The smallest absolute Gasteiger partial charge is 0.275 e. The van der Waals surface area contributed by atoms with Crippen LogP contribution in [0.25, 0.3) is 0 Å². The van der Waals surface area contributed by atoms with Gasteiger partial charge in [0.1, 0.15) is 18.1 Å². The summed E-state index contributed by atoms with van der Waals surface area (Å²) in [6, 6.07) is 4.74. The van der Waals surface area contributed by atoms with Gasteiger partial charge in [0.2, 0.25) is 5.91 Å². The number of hydrogen-bond acceptors (Lipinski definition) is 7. The first-order valence-electron chi connectivity index (χ1n) is 12.2. The summed E-state index contributed by atoms with van der Waals surface area (Å²) in [7, 11) is 3.33. The van der Waals surface area contributed by atoms with Crippen molar-refractivity contribution in [3.63, 3.8) is 0 Å². The van der Waals surface area contributed by atoms with E-state index in [1.807, 2.05) is 18.7 Å². The van der Waals surface area contributed by atoms with Crippen LogP contribution in [0, 0.1) is 11.8 Å². The quantitative estimate of drug-likeness (QED) is 0.693. The Morgan fingerprint density at radius 2 is 1.94 bits per heavy atom. The molecule has 1 N–H and O–H groups in total. The number of nitrogens with one attached hydrogen (secondary N) is 1. The van der Waals surface area contributed by atoms with E-state index in [9.17, 15) is 14.4 Å². The SMILES string of the molecule is CO[C@H]1CN(C)C(=O)c2cc(NC(=O)c3cnccn3)ccc2OC[C@@H](C)N(C(=O)C2CC2)C[C@H]1C. The summed E-state index contributed by atoms with van der Waals surface area (Å²) in [5, 5.41) is 2.76. The lowest BCUT2D eigenvalue weighted by Gasteiger charge is -2.36. The number of aromatic nitrogens is 2. The van der Waals surface area contributed by atoms with Gasteiger partial charge in [-0.1, -0.05) is 6.92 Å². The van der Waals surface area contributed by atoms with E-state index in [2.05, 4.69) is 15.3 Å². The van der Waals surface area contributed by atoms with Crippen LogP contribution in [-0.4, -0.2) is 83.5 Å². The van der Waals surface area contributed by atoms with Crippen molar-refractivity contribution in [3.8, 4) is 5.75 Å². The zero-order valence-corrected chi connectivity index (χ0v) is 21.1. The normalized spacial score (nSPS) is 23.1. The van der Waals surface area contributed by atoms with Gasteiger partial charge in [-0.3, -0.25) is 19.4 Å². The zero-order valence-electron chi connectivity index (χ0n) is 21.1. The third-order valence-electron chi connectivity index (χ3n) is 6.71. The van der Waals surface area contributed by atoms with Crippen molar-refractivity contribution in [2.24, 2.45) is 11.8 Å². The van der Waals surface area contributed by atoms with Crippen LogP contribution in [0.4, 0.5) is 5.69 Å². The van der Waals surface area contributed by atoms with Gasteiger partial charge in [-0.15, -0.1) is 0 Å². The topological polar surface area (TPSA) is 114 Å². The first-order chi connectivity index (χ1) is 17.3. The van der Waals surface area contributed by atoms with E-state index in [-0.39, 0.29) is 48.1 Å². The summed E-state index contributed by atoms with van der Waals surface area (Å²) in [5.41, 5.74) is 0.901. The van der Waals surface area contributed by atoms with Gasteiger partial charge in [-0.05, 0) is 38.0 Å². The predicted octanol–water partition coefficient (Wildman–Crippen LogP) is 2.47. The number of carbonyl (C=O) groups is 3. The van der Waals surface area contributed by atoms with Crippen molar-refractivity contribution in [2.45, 2.75) is 38.8 Å². The van der Waals surface area contributed by atoms with Crippen LogP contribution in [0.1, 0.15) is 47.5 Å². The molecule has 36 heavy (non-hydrogen) atoms. The summed E-state index contributed by atoms with van der Waals surface area (Å²) in [6.07, 6.45) is 5.88. The Kier molecular flexibility index (Phi) is 7.83. The molecule has 2 heterocycles. The molecule has 0 unspecified atom stereocenters. The molecule has 1 aromatic carbocycles. The maximum Gasteiger partial charge on any atom is 0.275 e. The number of rotatable bonds is 4. The average Bonchev–Trinajstić information content (AvgIpc) is 3.74. The second-order valence-corrected chi connectivity index (χ2v) is 9.62. The highest BCUT2D eigenvalue weighted by molar-refractivity contribution is 6.04. The molecule has 1 fully saturated rings. The second kappa shape index (κ2) is 11.0. The molecule has 3 atom stereocenters. The number of carbonyl (C=O) groups excluding carboxylic acids is 3. The van der Waals surface area contributed by atoms with Crippen LogP contribution in [-0.2, 0) is 9.53 Å². The van der Waals surface area contributed by atoms with Crippen molar-refractivity contribution in [1.82, 2.24) is 19.8 Å². The number of nitrogens with zero attached hydrogens (tertiary/aromatic N) is 4. The third-order valence-corrected chi connectivity index (χ3v) is 6.71. The molecular weight excluding hydrogens is 462 g/mol. The summed E-state index contributed by atoms with van der Waals surface area (Å²) in [4.78, 5) is 50.5. The highest BCUT2D eigenvalue weighted by Crippen LogP contribution is 2.33. The Bertz CT molecular complexity index is 1110. The predicted molar refractivity (Wildman–Crippen MR) is 133 cm³/mol. The van der Waals surface area contributed by atoms with E-state index >= 15 is 0 Å². The summed E-state index contributed by atoms with van der Waals surface area (Å²) in [5.74, 6) is -0.0605. The Morgan fingerprint density at radius 3 is 2.61 bits per heavy atom. The highest BCUT2D eigenvalue weighted by Gasteiger charge is 2.37. The number of likely N-dealkylation sites (N-methyl/N-ethyl adjacent to an activating group) is 1. The summed E-state index contributed by atoms with van der Waals surface area (Å²) >= 11 is 0. The van der Waals surface area contributed by atoms with Crippen molar-refractivity contribution in [1.29, 1.82) is 0 Å². The molecule has 0 saturated heterocycles. The number of ether oxygens (including phenoxy) is 2. The minimum atomic E-state index is -0.436. The van der Waals surface area contributed by atoms with Gasteiger partial charge in [0.05, 0.1) is 23.9 Å². The number of benzene rings is 1. The van der Waals surface area contributed by atoms with Gasteiger partial charge in [-0.2, -0.15) is 0 Å². The van der Waals surface area contributed by atoms with Crippen LogP contribution in [0.3, 0.4) is 0 Å². The van der Waals surface area contributed by atoms with E-state index < -0.39 is 5.91 Å². The fourth-order valence-electron chi connectivity index (χ4n) is 4.34. The van der Waals surface area contributed by atoms with E-state index in [1.165, 1.54) is 18.6 Å². The van der Waals surface area contributed by atoms with Crippen molar-refractivity contribution >= 4 is 23.4 Å². The molecule has 1 aliphatic carbocycles. The van der Waals surface area contributed by atoms with E-state index in [4.69, 9.17) is 9.47 Å². The maximum atomic E-state index is 13.5. The lowest BCUT2D eigenvalue weighted by Crippen LogP contribution is -2.49. The fourth-order valence-corrected chi connectivity index (χ4v) is 4.34. The minimum Gasteiger partial charge on any atom is -0.491 e.